The van der Waals surface area contributed by atoms with Crippen molar-refractivity contribution in [3.05, 3.63) is 34.8 Å². The van der Waals surface area contributed by atoms with Crippen molar-refractivity contribution in [2.24, 2.45) is 0 Å². The topological polar surface area (TPSA) is 41.9 Å². The van der Waals surface area contributed by atoms with Gasteiger partial charge in [0, 0.05) is 0 Å². The number of rotatable bonds is 3. The smallest absolute Gasteiger partial charge is 1.00 e. The summed E-state index contributed by atoms with van der Waals surface area (Å²) in [6, 6.07) is 10.7. The van der Waals surface area contributed by atoms with Crippen LogP contribution >= 0.6 is 0 Å². The molecule has 0 radical (unpaired) electrons. The van der Waals surface area contributed by atoms with Crippen LogP contribution < -0.4 is 32.8 Å². The number of nitrogen functional groups attached to an aromatic ring is 1. The Morgan fingerprint density at radius 1 is 1.22 bits per heavy atom. The van der Waals surface area contributed by atoms with Crippen molar-refractivity contribution >= 4 is 19.2 Å². The molecule has 1 aromatic heterocycles. The van der Waals surface area contributed by atoms with Crippen molar-refractivity contribution in [1.82, 2.24) is 0 Å². The standard InChI is InChI=1S/C13H17N3Se.BrH/c1-9(2)15-13-16(14)12(10(3)17-13)11-7-5-4-6-8-11;/h4-9H,14H2,1-3H3;1H. The van der Waals surface area contributed by atoms with Crippen molar-refractivity contribution in [3.8, 4) is 11.3 Å². The molecule has 0 atom stereocenters. The number of nitrogens with zero attached hydrogens (tertiary/aromatic N) is 1. The van der Waals surface area contributed by atoms with Crippen molar-refractivity contribution in [2.45, 2.75) is 26.8 Å². The second-order valence-electron chi connectivity index (χ2n) is 4.35. The monoisotopic (exact) mass is 375 g/mol. The van der Waals surface area contributed by atoms with Crippen molar-refractivity contribution in [3.63, 3.8) is 0 Å². The Balaban J connectivity index is 0.00000162. The summed E-state index contributed by atoms with van der Waals surface area (Å²) in [5.74, 6) is 6.19. The first-order valence-electron chi connectivity index (χ1n) is 5.72. The predicted octanol–water partition coefficient (Wildman–Crippen LogP) is -1.46. The fourth-order valence-corrected chi connectivity index (χ4v) is 4.08. The second-order valence-corrected chi connectivity index (χ2v) is 6.87. The number of benzene rings is 1. The quantitative estimate of drug-likeness (QED) is 0.392. The van der Waals surface area contributed by atoms with E-state index in [1.165, 1.54) is 10.0 Å². The summed E-state index contributed by atoms with van der Waals surface area (Å²) in [4.78, 5) is 0. The first-order chi connectivity index (χ1) is 8.09. The van der Waals surface area contributed by atoms with E-state index in [4.69, 9.17) is 5.84 Å². The zero-order valence-corrected chi connectivity index (χ0v) is 14.1. The molecule has 1 aromatic carbocycles. The number of hydrogen-bond acceptors (Lipinski definition) is 2. The zero-order valence-electron chi connectivity index (χ0n) is 10.8. The third kappa shape index (κ3) is 3.16. The number of aryl methyl sites for hydroxylation is 1. The van der Waals surface area contributed by atoms with Crippen LogP contribution in [0.25, 0.3) is 11.3 Å². The molecule has 0 bridgehead atoms. The Bertz CT molecular complexity index is 508. The summed E-state index contributed by atoms with van der Waals surface area (Å²) < 4.78 is 4.32. The van der Waals surface area contributed by atoms with Gasteiger partial charge in [0.2, 0.25) is 0 Å². The molecule has 0 aliphatic heterocycles. The van der Waals surface area contributed by atoms with Crippen LogP contribution in [0, 0.1) is 6.92 Å². The van der Waals surface area contributed by atoms with Crippen LogP contribution in [0.15, 0.2) is 30.3 Å². The van der Waals surface area contributed by atoms with Crippen LogP contribution in [0.1, 0.15) is 18.3 Å². The molecule has 0 spiro atoms. The second kappa shape index (κ2) is 6.41. The van der Waals surface area contributed by atoms with E-state index in [1.54, 1.807) is 0 Å². The number of hydrogen-bond donors (Lipinski definition) is 2. The van der Waals surface area contributed by atoms with Crippen LogP contribution in [-0.2, 0) is 0 Å². The molecule has 1 heterocycles. The Morgan fingerprint density at radius 3 is 2.39 bits per heavy atom. The van der Waals surface area contributed by atoms with Gasteiger partial charge in [0.1, 0.15) is 0 Å². The van der Waals surface area contributed by atoms with E-state index in [0.29, 0.717) is 20.5 Å². The van der Waals surface area contributed by atoms with E-state index in [9.17, 15) is 0 Å². The molecule has 0 unspecified atom stereocenters. The molecular weight excluding hydrogens is 357 g/mol. The molecule has 0 fully saturated rings. The number of aromatic nitrogens is 1. The molecule has 2 rings (SSSR count). The van der Waals surface area contributed by atoms with Crippen LogP contribution in [0.5, 0.6) is 0 Å². The third-order valence-electron chi connectivity index (χ3n) is 2.50. The van der Waals surface area contributed by atoms with Crippen LogP contribution in [0.2, 0.25) is 0 Å². The SMILES string of the molecule is Cc1[se]c(NC(C)C)[n+](N)c1-c1ccccc1.[Br-]. The van der Waals surface area contributed by atoms with Crippen molar-refractivity contribution in [1.29, 1.82) is 0 Å². The van der Waals surface area contributed by atoms with Gasteiger partial charge in [0.25, 0.3) is 0 Å². The molecule has 3 nitrogen and oxygen atoms in total. The fraction of sp³-hybridized carbons (Fsp3) is 0.308. The molecule has 0 aliphatic rings. The Labute approximate surface area is 125 Å². The van der Waals surface area contributed by atoms with Gasteiger partial charge in [-0.2, -0.15) is 0 Å². The Kier molecular flexibility index (Phi) is 5.45. The van der Waals surface area contributed by atoms with E-state index >= 15 is 0 Å². The van der Waals surface area contributed by atoms with E-state index in [0.717, 1.165) is 10.4 Å². The molecule has 0 aliphatic carbocycles. The van der Waals surface area contributed by atoms with Gasteiger partial charge in [-0.3, -0.25) is 0 Å². The molecule has 18 heavy (non-hydrogen) atoms. The van der Waals surface area contributed by atoms with Gasteiger partial charge in [0.15, 0.2) is 0 Å². The maximum atomic E-state index is 6.19. The normalized spacial score (nSPS) is 10.2. The van der Waals surface area contributed by atoms with Crippen LogP contribution in [0.4, 0.5) is 4.69 Å². The molecule has 2 aromatic rings. The molecule has 0 saturated carbocycles. The Morgan fingerprint density at radius 2 is 1.83 bits per heavy atom. The number of halogens is 1. The predicted molar refractivity (Wildman–Crippen MR) is 72.7 cm³/mol. The average Bonchev–Trinajstić information content (AvgIpc) is 2.54. The molecule has 98 valence electrons. The number of nitrogens with one attached hydrogen (secondary N) is 1. The third-order valence-corrected chi connectivity index (χ3v) is 4.62. The first kappa shape index (κ1) is 15.3. The van der Waals surface area contributed by atoms with Gasteiger partial charge < -0.3 is 17.0 Å². The van der Waals surface area contributed by atoms with Gasteiger partial charge in [-0.25, -0.2) is 0 Å². The molecule has 0 amide bonds. The fourth-order valence-electron chi connectivity index (χ4n) is 1.80. The minimum atomic E-state index is 0. The number of nitrogens with two attached hydrogens (primary N) is 1. The van der Waals surface area contributed by atoms with Crippen LogP contribution in [-0.4, -0.2) is 20.5 Å². The van der Waals surface area contributed by atoms with E-state index < -0.39 is 0 Å². The summed E-state index contributed by atoms with van der Waals surface area (Å²) >= 11 is 0.310. The minimum Gasteiger partial charge on any atom is -1.00 e. The average molecular weight is 375 g/mol. The number of anilines is 1. The van der Waals surface area contributed by atoms with E-state index in [-0.39, 0.29) is 17.0 Å². The van der Waals surface area contributed by atoms with E-state index in [1.807, 2.05) is 22.9 Å². The maximum Gasteiger partial charge on any atom is -1.00 e. The Hall–Kier alpha value is -0.771. The van der Waals surface area contributed by atoms with Gasteiger partial charge in [-0.1, -0.05) is 0 Å². The molecule has 3 N–H and O–H groups in total. The van der Waals surface area contributed by atoms with Crippen molar-refractivity contribution in [2.75, 3.05) is 11.2 Å². The van der Waals surface area contributed by atoms with Gasteiger partial charge in [-0.15, -0.1) is 0 Å². The van der Waals surface area contributed by atoms with Gasteiger partial charge >= 0.3 is 108 Å². The van der Waals surface area contributed by atoms with Crippen LogP contribution in [0.3, 0.4) is 0 Å². The molecular formula is C13H18BrN3Se. The summed E-state index contributed by atoms with van der Waals surface area (Å²) in [7, 11) is 0. The summed E-state index contributed by atoms with van der Waals surface area (Å²) in [5, 5.41) is 3.43. The van der Waals surface area contributed by atoms with Crippen molar-refractivity contribution < 1.29 is 21.7 Å². The zero-order chi connectivity index (χ0) is 12.4. The minimum absolute atomic E-state index is 0. The summed E-state index contributed by atoms with van der Waals surface area (Å²) in [6.07, 6.45) is 0. The maximum absolute atomic E-state index is 6.19. The van der Waals surface area contributed by atoms with Gasteiger partial charge in [0.05, 0.1) is 0 Å². The van der Waals surface area contributed by atoms with E-state index in [2.05, 4.69) is 38.2 Å². The molecule has 5 heteroatoms. The first-order valence-corrected chi connectivity index (χ1v) is 7.43. The molecule has 0 saturated heterocycles. The summed E-state index contributed by atoms with van der Waals surface area (Å²) in [6.45, 7) is 6.43. The van der Waals surface area contributed by atoms with Gasteiger partial charge in [-0.05, 0) is 0 Å². The largest absolute Gasteiger partial charge is 1.00 e. The summed E-state index contributed by atoms with van der Waals surface area (Å²) in [5.41, 5.74) is 2.34.